The third-order valence-corrected chi connectivity index (χ3v) is 3.49. The fourth-order valence-corrected chi connectivity index (χ4v) is 2.21. The number of benzene rings is 1. The van der Waals surface area contributed by atoms with Gasteiger partial charge in [-0.2, -0.15) is 0 Å². The third kappa shape index (κ3) is 2.44. The molecule has 0 spiro atoms. The Hall–Kier alpha value is -1.30. The van der Waals surface area contributed by atoms with Gasteiger partial charge in [-0.15, -0.1) is 0 Å². The molecule has 0 radical (unpaired) electrons. The van der Waals surface area contributed by atoms with Crippen LogP contribution in [0.2, 0.25) is 0 Å². The van der Waals surface area contributed by atoms with Gasteiger partial charge in [0, 0.05) is 0 Å². The lowest BCUT2D eigenvalue weighted by molar-refractivity contribution is 0.622. The fraction of sp³-hybridized carbons (Fsp3) is 0.375. The van der Waals surface area contributed by atoms with Crippen molar-refractivity contribution >= 4 is 5.57 Å². The number of rotatable bonds is 3. The Balaban J connectivity index is 2.24. The van der Waals surface area contributed by atoms with Crippen molar-refractivity contribution in [3.63, 3.8) is 0 Å². The van der Waals surface area contributed by atoms with E-state index in [2.05, 4.69) is 56.3 Å². The van der Waals surface area contributed by atoms with Crippen LogP contribution < -0.4 is 0 Å². The quantitative estimate of drug-likeness (QED) is 0.672. The summed E-state index contributed by atoms with van der Waals surface area (Å²) in [5, 5.41) is 0. The van der Waals surface area contributed by atoms with Gasteiger partial charge >= 0.3 is 0 Å². The Morgan fingerprint density at radius 2 is 1.94 bits per heavy atom. The third-order valence-electron chi connectivity index (χ3n) is 3.49. The molecule has 0 saturated heterocycles. The van der Waals surface area contributed by atoms with E-state index in [1.807, 2.05) is 0 Å². The van der Waals surface area contributed by atoms with Crippen molar-refractivity contribution in [1.29, 1.82) is 0 Å². The molecule has 0 aliphatic heterocycles. The standard InChI is InChI=1S/C16H20/c1-3-13(2)15-10-7-11-16(12-15)14-8-5-4-6-9-14/h4-6,8-9,11-13H,3,7,10H2,1-2H3/t13-/m1/s1. The molecule has 0 nitrogen and oxygen atoms in total. The molecule has 0 aromatic heterocycles. The Morgan fingerprint density at radius 3 is 2.62 bits per heavy atom. The average Bonchev–Trinajstić information content (AvgIpc) is 2.39. The van der Waals surface area contributed by atoms with Gasteiger partial charge in [0.1, 0.15) is 0 Å². The van der Waals surface area contributed by atoms with Crippen LogP contribution in [-0.4, -0.2) is 0 Å². The lowest BCUT2D eigenvalue weighted by atomic mass is 9.87. The van der Waals surface area contributed by atoms with Crippen LogP contribution in [0.4, 0.5) is 0 Å². The second-order valence-corrected chi connectivity index (χ2v) is 4.59. The van der Waals surface area contributed by atoms with Gasteiger partial charge in [-0.1, -0.05) is 61.9 Å². The lowest BCUT2D eigenvalue weighted by Crippen LogP contribution is -2.01. The molecular formula is C16H20. The molecule has 0 bridgehead atoms. The van der Waals surface area contributed by atoms with Crippen LogP contribution in [-0.2, 0) is 0 Å². The van der Waals surface area contributed by atoms with Crippen LogP contribution in [0, 0.1) is 5.92 Å². The summed E-state index contributed by atoms with van der Waals surface area (Å²) in [6, 6.07) is 10.7. The van der Waals surface area contributed by atoms with Crippen molar-refractivity contribution in [3.8, 4) is 0 Å². The van der Waals surface area contributed by atoms with Crippen LogP contribution in [0.15, 0.2) is 48.1 Å². The van der Waals surface area contributed by atoms with Crippen molar-refractivity contribution in [2.24, 2.45) is 5.92 Å². The van der Waals surface area contributed by atoms with E-state index in [-0.39, 0.29) is 0 Å². The van der Waals surface area contributed by atoms with E-state index in [0.717, 1.165) is 5.92 Å². The Labute approximate surface area is 98.7 Å². The minimum Gasteiger partial charge on any atom is -0.0763 e. The van der Waals surface area contributed by atoms with Crippen molar-refractivity contribution in [1.82, 2.24) is 0 Å². The minimum absolute atomic E-state index is 0.729. The maximum absolute atomic E-state index is 2.40. The van der Waals surface area contributed by atoms with E-state index in [9.17, 15) is 0 Å². The Kier molecular flexibility index (Phi) is 3.61. The molecule has 1 aromatic carbocycles. The topological polar surface area (TPSA) is 0 Å². The van der Waals surface area contributed by atoms with Crippen LogP contribution in [0.5, 0.6) is 0 Å². The summed E-state index contributed by atoms with van der Waals surface area (Å²) >= 11 is 0. The maximum atomic E-state index is 2.40. The second kappa shape index (κ2) is 5.16. The number of hydrogen-bond donors (Lipinski definition) is 0. The maximum Gasteiger partial charge on any atom is -0.0187 e. The first kappa shape index (κ1) is 11.2. The zero-order valence-electron chi connectivity index (χ0n) is 10.2. The van der Waals surface area contributed by atoms with E-state index in [4.69, 9.17) is 0 Å². The molecule has 0 saturated carbocycles. The highest BCUT2D eigenvalue weighted by atomic mass is 14.2. The van der Waals surface area contributed by atoms with Crippen LogP contribution in [0.3, 0.4) is 0 Å². The summed E-state index contributed by atoms with van der Waals surface area (Å²) in [7, 11) is 0. The largest absolute Gasteiger partial charge is 0.0763 e. The van der Waals surface area contributed by atoms with Gasteiger partial charge in [-0.05, 0) is 36.3 Å². The van der Waals surface area contributed by atoms with Crippen molar-refractivity contribution in [2.75, 3.05) is 0 Å². The minimum atomic E-state index is 0.729. The first-order chi connectivity index (χ1) is 7.81. The molecule has 16 heavy (non-hydrogen) atoms. The molecule has 0 heteroatoms. The fourth-order valence-electron chi connectivity index (χ4n) is 2.21. The van der Waals surface area contributed by atoms with Crippen LogP contribution in [0.25, 0.3) is 5.57 Å². The molecule has 2 rings (SSSR count). The van der Waals surface area contributed by atoms with Gasteiger partial charge < -0.3 is 0 Å². The van der Waals surface area contributed by atoms with Gasteiger partial charge in [-0.25, -0.2) is 0 Å². The molecule has 0 fully saturated rings. The van der Waals surface area contributed by atoms with Crippen molar-refractivity contribution in [3.05, 3.63) is 53.6 Å². The highest BCUT2D eigenvalue weighted by molar-refractivity contribution is 5.75. The van der Waals surface area contributed by atoms with Gasteiger partial charge in [0.05, 0.1) is 0 Å². The summed E-state index contributed by atoms with van der Waals surface area (Å²) in [4.78, 5) is 0. The Morgan fingerprint density at radius 1 is 1.19 bits per heavy atom. The van der Waals surface area contributed by atoms with Gasteiger partial charge in [0.15, 0.2) is 0 Å². The van der Waals surface area contributed by atoms with E-state index in [0.29, 0.717) is 0 Å². The highest BCUT2D eigenvalue weighted by Crippen LogP contribution is 2.30. The normalized spacial score (nSPS) is 17.6. The smallest absolute Gasteiger partial charge is 0.0187 e. The molecule has 1 atom stereocenters. The molecule has 0 unspecified atom stereocenters. The lowest BCUT2D eigenvalue weighted by Gasteiger charge is -2.18. The SMILES string of the molecule is CC[C@@H](C)C1=CC(c2ccccc2)=CCC1. The molecule has 0 amide bonds. The predicted molar refractivity (Wildman–Crippen MR) is 71.2 cm³/mol. The zero-order chi connectivity index (χ0) is 11.4. The van der Waals surface area contributed by atoms with Crippen LogP contribution in [0.1, 0.15) is 38.7 Å². The summed E-state index contributed by atoms with van der Waals surface area (Å²) in [6.07, 6.45) is 8.44. The highest BCUT2D eigenvalue weighted by Gasteiger charge is 2.11. The molecular weight excluding hydrogens is 192 g/mol. The second-order valence-electron chi connectivity index (χ2n) is 4.59. The van der Waals surface area contributed by atoms with Crippen molar-refractivity contribution in [2.45, 2.75) is 33.1 Å². The van der Waals surface area contributed by atoms with Gasteiger partial charge in [0.25, 0.3) is 0 Å². The summed E-state index contributed by atoms with van der Waals surface area (Å²) in [5.41, 5.74) is 4.37. The molecule has 0 N–H and O–H groups in total. The molecule has 1 aliphatic rings. The summed E-state index contributed by atoms with van der Waals surface area (Å²) < 4.78 is 0. The molecule has 84 valence electrons. The summed E-state index contributed by atoms with van der Waals surface area (Å²) in [6.45, 7) is 4.60. The van der Waals surface area contributed by atoms with Gasteiger partial charge in [-0.3, -0.25) is 0 Å². The average molecular weight is 212 g/mol. The molecule has 0 heterocycles. The summed E-state index contributed by atoms with van der Waals surface area (Å²) in [5.74, 6) is 0.729. The first-order valence-electron chi connectivity index (χ1n) is 6.27. The predicted octanol–water partition coefficient (Wildman–Crippen LogP) is 4.84. The molecule has 1 aromatic rings. The van der Waals surface area contributed by atoms with E-state index < -0.39 is 0 Å². The molecule has 1 aliphatic carbocycles. The van der Waals surface area contributed by atoms with Crippen LogP contribution >= 0.6 is 0 Å². The van der Waals surface area contributed by atoms with E-state index in [1.165, 1.54) is 30.4 Å². The Bertz CT molecular complexity index is 395. The monoisotopic (exact) mass is 212 g/mol. The van der Waals surface area contributed by atoms with Gasteiger partial charge in [0.2, 0.25) is 0 Å². The zero-order valence-corrected chi connectivity index (χ0v) is 10.2. The van der Waals surface area contributed by atoms with E-state index >= 15 is 0 Å². The number of allylic oxidation sites excluding steroid dienone is 4. The first-order valence-corrected chi connectivity index (χ1v) is 6.27. The number of hydrogen-bond acceptors (Lipinski definition) is 0. The van der Waals surface area contributed by atoms with Crippen molar-refractivity contribution < 1.29 is 0 Å². The van der Waals surface area contributed by atoms with E-state index in [1.54, 1.807) is 5.57 Å².